The van der Waals surface area contributed by atoms with Crippen LogP contribution >= 0.6 is 11.6 Å². The quantitative estimate of drug-likeness (QED) is 0.885. The molecule has 3 rings (SSSR count). The Balaban J connectivity index is 1.50. The summed E-state index contributed by atoms with van der Waals surface area (Å²) in [5.74, 6) is 0.630. The molecule has 2 fully saturated rings. The van der Waals surface area contributed by atoms with E-state index in [1.807, 2.05) is 17.0 Å². The van der Waals surface area contributed by atoms with Crippen molar-refractivity contribution in [2.75, 3.05) is 13.2 Å². The summed E-state index contributed by atoms with van der Waals surface area (Å²) in [5, 5.41) is 0.872. The largest absolute Gasteiger partial charge is 0.376 e. The number of benzene rings is 1. The minimum absolute atomic E-state index is 0.0209. The Kier molecular flexibility index (Phi) is 6.37. The number of amides is 1. The number of piperidine rings is 1. The Hall–Kier alpha value is -1.10. The summed E-state index contributed by atoms with van der Waals surface area (Å²) in [5.41, 5.74) is 7.51. The van der Waals surface area contributed by atoms with Gasteiger partial charge in [0.2, 0.25) is 5.91 Å². The Morgan fingerprint density at radius 1 is 1.24 bits per heavy atom. The number of hydrogen-bond acceptors (Lipinski definition) is 3. The van der Waals surface area contributed by atoms with Crippen molar-refractivity contribution in [3.8, 4) is 0 Å². The molecule has 4 nitrogen and oxygen atoms in total. The first kappa shape index (κ1) is 18.7. The number of rotatable bonds is 4. The molecule has 0 bridgehead atoms. The zero-order chi connectivity index (χ0) is 17.8. The molecule has 1 saturated carbocycles. The summed E-state index contributed by atoms with van der Waals surface area (Å²) in [6.45, 7) is 2.98. The highest BCUT2D eigenvalue weighted by Crippen LogP contribution is 2.37. The molecule has 1 aromatic carbocycles. The second-order valence-corrected chi connectivity index (χ2v) is 7.82. The van der Waals surface area contributed by atoms with Gasteiger partial charge >= 0.3 is 0 Å². The molecule has 1 aliphatic carbocycles. The van der Waals surface area contributed by atoms with Crippen molar-refractivity contribution in [2.45, 2.75) is 69.6 Å². The van der Waals surface area contributed by atoms with E-state index in [1.165, 1.54) is 5.56 Å². The van der Waals surface area contributed by atoms with Gasteiger partial charge in [-0.1, -0.05) is 29.8 Å². The number of hydrogen-bond donors (Lipinski definition) is 1. The maximum absolute atomic E-state index is 11.8. The Morgan fingerprint density at radius 3 is 2.64 bits per heavy atom. The summed E-state index contributed by atoms with van der Waals surface area (Å²) in [6.07, 6.45) is 6.50. The Bertz CT molecular complexity index is 587. The summed E-state index contributed by atoms with van der Waals surface area (Å²) in [6, 6.07) is 8.20. The van der Waals surface area contributed by atoms with Gasteiger partial charge in [0, 0.05) is 24.5 Å². The molecule has 5 heteroatoms. The molecule has 1 heterocycles. The highest BCUT2D eigenvalue weighted by molar-refractivity contribution is 6.31. The fraction of sp³-hybridized carbons (Fsp3) is 0.650. The number of carbonyl (C=O) groups is 1. The van der Waals surface area contributed by atoms with E-state index < -0.39 is 0 Å². The molecule has 2 atom stereocenters. The molecule has 2 aliphatic rings. The molecule has 25 heavy (non-hydrogen) atoms. The number of nitrogens with zero attached hydrogens (tertiary/aromatic N) is 1. The maximum Gasteiger partial charge on any atom is 0.219 e. The molecular formula is C20H29ClN2O2. The third-order valence-corrected chi connectivity index (χ3v) is 6.10. The first-order valence-corrected chi connectivity index (χ1v) is 9.83. The average Bonchev–Trinajstić information content (AvgIpc) is 2.61. The van der Waals surface area contributed by atoms with Crippen molar-refractivity contribution in [3.63, 3.8) is 0 Å². The number of ether oxygens (including phenoxy) is 1. The standard InChI is InChI=1S/C20H29ClN2O2/c1-14(24)23-12-4-7-19(22)20(23)13-25-16-10-8-15(9-11-16)17-5-2-3-6-18(17)21/h2-3,5-6,15-16,19-20H,4,7-13,22H2,1H3/t15-,16+,19-,20-/m0/s1. The first-order chi connectivity index (χ1) is 12.1. The van der Waals surface area contributed by atoms with E-state index in [9.17, 15) is 4.79 Å². The predicted octanol–water partition coefficient (Wildman–Crippen LogP) is 3.72. The van der Waals surface area contributed by atoms with Gasteiger partial charge < -0.3 is 15.4 Å². The van der Waals surface area contributed by atoms with Crippen LogP contribution in [-0.4, -0.2) is 42.1 Å². The number of carbonyl (C=O) groups excluding carboxylic acids is 1. The van der Waals surface area contributed by atoms with Gasteiger partial charge in [0.15, 0.2) is 0 Å². The molecule has 1 aliphatic heterocycles. The fourth-order valence-electron chi connectivity index (χ4n) is 4.27. The number of likely N-dealkylation sites (tertiary alicyclic amines) is 1. The van der Waals surface area contributed by atoms with E-state index in [2.05, 4.69) is 12.1 Å². The number of nitrogens with two attached hydrogens (primary N) is 1. The van der Waals surface area contributed by atoms with Crippen molar-refractivity contribution in [2.24, 2.45) is 5.73 Å². The zero-order valence-electron chi connectivity index (χ0n) is 15.0. The maximum atomic E-state index is 11.8. The molecule has 0 radical (unpaired) electrons. The van der Waals surface area contributed by atoms with Crippen molar-refractivity contribution < 1.29 is 9.53 Å². The van der Waals surface area contributed by atoms with Gasteiger partial charge in [-0.15, -0.1) is 0 Å². The highest BCUT2D eigenvalue weighted by atomic mass is 35.5. The molecule has 138 valence electrons. The zero-order valence-corrected chi connectivity index (χ0v) is 15.8. The molecule has 1 saturated heterocycles. The molecule has 0 aromatic heterocycles. The van der Waals surface area contributed by atoms with E-state index in [0.29, 0.717) is 12.5 Å². The van der Waals surface area contributed by atoms with Gasteiger partial charge in [-0.3, -0.25) is 4.79 Å². The van der Waals surface area contributed by atoms with Gasteiger partial charge in [0.25, 0.3) is 0 Å². The molecule has 1 aromatic rings. The van der Waals surface area contributed by atoms with E-state index in [1.54, 1.807) is 6.92 Å². The predicted molar refractivity (Wildman–Crippen MR) is 101 cm³/mol. The highest BCUT2D eigenvalue weighted by Gasteiger charge is 2.32. The van der Waals surface area contributed by atoms with E-state index >= 15 is 0 Å². The van der Waals surface area contributed by atoms with Crippen LogP contribution in [0.4, 0.5) is 0 Å². The topological polar surface area (TPSA) is 55.6 Å². The average molecular weight is 365 g/mol. The van der Waals surface area contributed by atoms with E-state index in [-0.39, 0.29) is 24.1 Å². The summed E-state index contributed by atoms with van der Waals surface area (Å²) < 4.78 is 6.18. The van der Waals surface area contributed by atoms with Crippen LogP contribution in [-0.2, 0) is 9.53 Å². The van der Waals surface area contributed by atoms with Gasteiger partial charge in [0.05, 0.1) is 18.8 Å². The van der Waals surface area contributed by atoms with Crippen LogP contribution in [0.15, 0.2) is 24.3 Å². The van der Waals surface area contributed by atoms with Crippen LogP contribution in [0.1, 0.15) is 56.9 Å². The summed E-state index contributed by atoms with van der Waals surface area (Å²) >= 11 is 6.34. The first-order valence-electron chi connectivity index (χ1n) is 9.45. The van der Waals surface area contributed by atoms with Gasteiger partial charge in [-0.05, 0) is 56.1 Å². The smallest absolute Gasteiger partial charge is 0.219 e. The van der Waals surface area contributed by atoms with Crippen LogP contribution in [0.25, 0.3) is 0 Å². The van der Waals surface area contributed by atoms with Crippen molar-refractivity contribution >= 4 is 17.5 Å². The Labute approximate surface area is 155 Å². The van der Waals surface area contributed by atoms with Crippen molar-refractivity contribution in [1.82, 2.24) is 4.90 Å². The van der Waals surface area contributed by atoms with Crippen LogP contribution in [0, 0.1) is 0 Å². The fourth-order valence-corrected chi connectivity index (χ4v) is 4.56. The van der Waals surface area contributed by atoms with Crippen LogP contribution in [0.2, 0.25) is 5.02 Å². The van der Waals surface area contributed by atoms with Crippen molar-refractivity contribution in [1.29, 1.82) is 0 Å². The molecule has 1 amide bonds. The minimum Gasteiger partial charge on any atom is -0.376 e. The second kappa shape index (κ2) is 8.52. The van der Waals surface area contributed by atoms with Gasteiger partial charge in [0.1, 0.15) is 0 Å². The van der Waals surface area contributed by atoms with E-state index in [0.717, 1.165) is 50.1 Å². The molecule has 0 spiro atoms. The minimum atomic E-state index is 0.0209. The SMILES string of the molecule is CC(=O)N1CCC[C@H](N)[C@@H]1CO[C@H]1CC[C@@H](c2ccccc2Cl)CC1. The number of halogens is 1. The van der Waals surface area contributed by atoms with Crippen LogP contribution < -0.4 is 5.73 Å². The third kappa shape index (κ3) is 4.55. The summed E-state index contributed by atoms with van der Waals surface area (Å²) in [4.78, 5) is 13.7. The van der Waals surface area contributed by atoms with Gasteiger partial charge in [-0.25, -0.2) is 0 Å². The summed E-state index contributed by atoms with van der Waals surface area (Å²) in [7, 11) is 0. The van der Waals surface area contributed by atoms with Crippen molar-refractivity contribution in [3.05, 3.63) is 34.9 Å². The lowest BCUT2D eigenvalue weighted by atomic mass is 9.82. The monoisotopic (exact) mass is 364 g/mol. The van der Waals surface area contributed by atoms with Gasteiger partial charge in [-0.2, -0.15) is 0 Å². The normalized spacial score (nSPS) is 30.3. The third-order valence-electron chi connectivity index (χ3n) is 5.76. The molecule has 2 N–H and O–H groups in total. The molecule has 0 unspecified atom stereocenters. The van der Waals surface area contributed by atoms with Crippen LogP contribution in [0.5, 0.6) is 0 Å². The van der Waals surface area contributed by atoms with Crippen LogP contribution in [0.3, 0.4) is 0 Å². The molecular weight excluding hydrogens is 336 g/mol. The lowest BCUT2D eigenvalue weighted by Crippen LogP contribution is -2.56. The lowest BCUT2D eigenvalue weighted by molar-refractivity contribution is -0.135. The Morgan fingerprint density at radius 2 is 1.96 bits per heavy atom. The lowest BCUT2D eigenvalue weighted by Gasteiger charge is -2.40. The van der Waals surface area contributed by atoms with E-state index in [4.69, 9.17) is 22.1 Å². The second-order valence-electron chi connectivity index (χ2n) is 7.41.